The van der Waals surface area contributed by atoms with E-state index in [9.17, 15) is 5.21 Å². The lowest BCUT2D eigenvalue weighted by Gasteiger charge is -2.08. The van der Waals surface area contributed by atoms with E-state index in [1.807, 2.05) is 13.0 Å². The molecule has 2 aromatic rings. The zero-order valence-corrected chi connectivity index (χ0v) is 9.84. The second kappa shape index (κ2) is 5.27. The SMILES string of the molecule is Cc1cc(C#N)cc(Nc2cc([NH2+][O-])ccn2)c1. The molecule has 0 amide bonds. The lowest BCUT2D eigenvalue weighted by atomic mass is 10.1. The summed E-state index contributed by atoms with van der Waals surface area (Å²) < 4.78 is 0. The van der Waals surface area contributed by atoms with Gasteiger partial charge in [-0.1, -0.05) is 0 Å². The highest BCUT2D eigenvalue weighted by Crippen LogP contribution is 2.19. The maximum atomic E-state index is 10.7. The molecule has 5 heteroatoms. The second-order valence-corrected chi connectivity index (χ2v) is 3.92. The number of nitriles is 1. The van der Waals surface area contributed by atoms with Gasteiger partial charge in [0, 0.05) is 24.0 Å². The summed E-state index contributed by atoms with van der Waals surface area (Å²) in [5.41, 5.74) is 3.68. The van der Waals surface area contributed by atoms with Gasteiger partial charge < -0.3 is 16.0 Å². The number of nitrogens with zero attached hydrogens (tertiary/aromatic N) is 2. The largest absolute Gasteiger partial charge is 0.630 e. The van der Waals surface area contributed by atoms with E-state index in [0.717, 1.165) is 16.7 Å². The fraction of sp³-hybridized carbons (Fsp3) is 0.0769. The predicted molar refractivity (Wildman–Crippen MR) is 68.4 cm³/mol. The maximum absolute atomic E-state index is 10.7. The number of aromatic nitrogens is 1. The fourth-order valence-electron chi connectivity index (χ4n) is 1.66. The van der Waals surface area contributed by atoms with Crippen molar-refractivity contribution in [3.8, 4) is 6.07 Å². The van der Waals surface area contributed by atoms with Crippen LogP contribution in [0.1, 0.15) is 11.1 Å². The van der Waals surface area contributed by atoms with E-state index in [-0.39, 0.29) is 0 Å². The number of nitrogens with two attached hydrogens (primary N) is 1. The zero-order valence-electron chi connectivity index (χ0n) is 9.84. The van der Waals surface area contributed by atoms with Gasteiger partial charge in [-0.05, 0) is 30.7 Å². The van der Waals surface area contributed by atoms with Gasteiger partial charge in [0.25, 0.3) is 0 Å². The molecule has 5 nitrogen and oxygen atoms in total. The highest BCUT2D eigenvalue weighted by molar-refractivity contribution is 5.61. The number of hydrogen-bond acceptors (Lipinski definition) is 4. The van der Waals surface area contributed by atoms with Crippen molar-refractivity contribution in [2.75, 3.05) is 5.32 Å². The number of benzene rings is 1. The van der Waals surface area contributed by atoms with Gasteiger partial charge in [-0.2, -0.15) is 5.26 Å². The zero-order chi connectivity index (χ0) is 13.0. The first kappa shape index (κ1) is 12.0. The normalized spacial score (nSPS) is 9.83. The summed E-state index contributed by atoms with van der Waals surface area (Å²) in [5, 5.41) is 22.6. The van der Waals surface area contributed by atoms with Crippen LogP contribution >= 0.6 is 0 Å². The third-order valence-corrected chi connectivity index (χ3v) is 2.40. The van der Waals surface area contributed by atoms with Gasteiger partial charge in [-0.25, -0.2) is 4.98 Å². The summed E-state index contributed by atoms with van der Waals surface area (Å²) in [6.07, 6.45) is 1.56. The van der Waals surface area contributed by atoms with Crippen LogP contribution in [0.5, 0.6) is 0 Å². The number of aryl methyl sites for hydroxylation is 1. The Hall–Kier alpha value is -2.42. The van der Waals surface area contributed by atoms with Crippen LogP contribution in [-0.2, 0) is 0 Å². The Balaban J connectivity index is 2.28. The number of anilines is 2. The maximum Gasteiger partial charge on any atom is 0.136 e. The summed E-state index contributed by atoms with van der Waals surface area (Å²) in [6.45, 7) is 1.92. The summed E-state index contributed by atoms with van der Waals surface area (Å²) in [5.74, 6) is 0.578. The Morgan fingerprint density at radius 3 is 2.89 bits per heavy atom. The minimum Gasteiger partial charge on any atom is -0.630 e. The van der Waals surface area contributed by atoms with Gasteiger partial charge in [0.15, 0.2) is 0 Å². The monoisotopic (exact) mass is 240 g/mol. The van der Waals surface area contributed by atoms with Gasteiger partial charge in [0.2, 0.25) is 0 Å². The van der Waals surface area contributed by atoms with Crippen LogP contribution in [0.2, 0.25) is 0 Å². The Morgan fingerprint density at radius 2 is 2.17 bits per heavy atom. The van der Waals surface area contributed by atoms with E-state index in [0.29, 0.717) is 17.1 Å². The molecule has 18 heavy (non-hydrogen) atoms. The number of hydrogen-bond donors (Lipinski definition) is 2. The Kier molecular flexibility index (Phi) is 3.53. The quantitative estimate of drug-likeness (QED) is 0.799. The lowest BCUT2D eigenvalue weighted by molar-refractivity contribution is -0.497. The molecule has 1 aromatic heterocycles. The Bertz CT molecular complexity index is 604. The molecule has 0 unspecified atom stereocenters. The molecule has 0 saturated carbocycles. The summed E-state index contributed by atoms with van der Waals surface area (Å²) in [4.78, 5) is 4.11. The predicted octanol–water partition coefficient (Wildman–Crippen LogP) is 1.70. The van der Waals surface area contributed by atoms with Crippen molar-refractivity contribution < 1.29 is 5.48 Å². The van der Waals surface area contributed by atoms with Gasteiger partial charge in [0.1, 0.15) is 11.5 Å². The molecule has 0 radical (unpaired) electrons. The highest BCUT2D eigenvalue weighted by atomic mass is 16.5. The van der Waals surface area contributed by atoms with Crippen LogP contribution < -0.4 is 10.8 Å². The molecule has 0 aliphatic rings. The lowest BCUT2D eigenvalue weighted by Crippen LogP contribution is -2.70. The average Bonchev–Trinajstić information content (AvgIpc) is 2.38. The first-order valence-corrected chi connectivity index (χ1v) is 5.41. The van der Waals surface area contributed by atoms with Crippen molar-refractivity contribution >= 4 is 17.2 Å². The molecule has 0 fully saturated rings. The van der Waals surface area contributed by atoms with Crippen molar-refractivity contribution in [2.24, 2.45) is 0 Å². The second-order valence-electron chi connectivity index (χ2n) is 3.92. The number of nitrogens with one attached hydrogen (secondary N) is 1. The first-order valence-electron chi connectivity index (χ1n) is 5.41. The van der Waals surface area contributed by atoms with Crippen LogP contribution in [0, 0.1) is 23.5 Å². The number of rotatable bonds is 3. The van der Waals surface area contributed by atoms with Gasteiger partial charge in [-0.3, -0.25) is 0 Å². The van der Waals surface area contributed by atoms with E-state index in [2.05, 4.69) is 16.4 Å². The third kappa shape index (κ3) is 2.83. The van der Waals surface area contributed by atoms with Crippen LogP contribution in [0.25, 0.3) is 0 Å². The van der Waals surface area contributed by atoms with Crippen molar-refractivity contribution in [3.05, 3.63) is 52.9 Å². The van der Waals surface area contributed by atoms with Crippen molar-refractivity contribution in [1.82, 2.24) is 4.98 Å². The van der Waals surface area contributed by atoms with Crippen LogP contribution in [0.3, 0.4) is 0 Å². The molecule has 0 aliphatic heterocycles. The Labute approximate surface area is 105 Å². The molecule has 0 bridgehead atoms. The molecule has 0 spiro atoms. The Morgan fingerprint density at radius 1 is 1.33 bits per heavy atom. The van der Waals surface area contributed by atoms with Crippen molar-refractivity contribution in [3.63, 3.8) is 0 Å². The smallest absolute Gasteiger partial charge is 0.136 e. The molecule has 1 heterocycles. The van der Waals surface area contributed by atoms with Gasteiger partial charge in [-0.15, -0.1) is 0 Å². The van der Waals surface area contributed by atoms with Gasteiger partial charge in [0.05, 0.1) is 11.6 Å². The van der Waals surface area contributed by atoms with E-state index < -0.39 is 0 Å². The molecule has 2 rings (SSSR count). The van der Waals surface area contributed by atoms with E-state index in [4.69, 9.17) is 5.26 Å². The molecule has 3 N–H and O–H groups in total. The standard InChI is InChI=1S/C13H12N4O/c1-9-4-10(8-14)6-12(5-9)16-13-7-11(17-18)2-3-15-13/h2-7H,17H2,1H3,(H,15,16). The molecular weight excluding hydrogens is 228 g/mol. The van der Waals surface area contributed by atoms with Crippen LogP contribution in [0.4, 0.5) is 17.2 Å². The molecular formula is C13H12N4O. The topological polar surface area (TPSA) is 88.4 Å². The van der Waals surface area contributed by atoms with Crippen LogP contribution in [0.15, 0.2) is 36.5 Å². The van der Waals surface area contributed by atoms with Crippen molar-refractivity contribution in [2.45, 2.75) is 6.92 Å². The van der Waals surface area contributed by atoms with Crippen LogP contribution in [-0.4, -0.2) is 4.98 Å². The van der Waals surface area contributed by atoms with E-state index >= 15 is 0 Å². The fourth-order valence-corrected chi connectivity index (χ4v) is 1.66. The third-order valence-electron chi connectivity index (χ3n) is 2.40. The summed E-state index contributed by atoms with van der Waals surface area (Å²) in [7, 11) is 0. The molecule has 0 atom stereocenters. The summed E-state index contributed by atoms with van der Waals surface area (Å²) >= 11 is 0. The van der Waals surface area contributed by atoms with Crippen molar-refractivity contribution in [1.29, 1.82) is 5.26 Å². The van der Waals surface area contributed by atoms with E-state index in [1.165, 1.54) is 0 Å². The minimum absolute atomic E-state index is 0.556. The average molecular weight is 240 g/mol. The number of quaternary nitrogens is 1. The number of pyridine rings is 1. The first-order chi connectivity index (χ1) is 8.71. The molecule has 90 valence electrons. The molecule has 0 saturated heterocycles. The minimum atomic E-state index is 0.556. The van der Waals surface area contributed by atoms with E-state index in [1.54, 1.807) is 30.5 Å². The highest BCUT2D eigenvalue weighted by Gasteiger charge is 2.01. The summed E-state index contributed by atoms with van der Waals surface area (Å²) in [6, 6.07) is 10.8. The molecule has 0 aliphatic carbocycles. The van der Waals surface area contributed by atoms with Gasteiger partial charge >= 0.3 is 0 Å². The molecule has 1 aromatic carbocycles.